The number of halogens is 2. The lowest BCUT2D eigenvalue weighted by Crippen LogP contribution is -2.38. The van der Waals surface area contributed by atoms with Crippen molar-refractivity contribution in [3.05, 3.63) is 28.5 Å². The van der Waals surface area contributed by atoms with Gasteiger partial charge in [0.25, 0.3) is 0 Å². The SMILES string of the molecule is CC1CCCCCN1S(=O)(=O)c1ccc(F)cc1Br. The minimum absolute atomic E-state index is 0.00977. The third kappa shape index (κ3) is 3.17. The van der Waals surface area contributed by atoms with E-state index >= 15 is 0 Å². The fourth-order valence-corrected chi connectivity index (χ4v) is 5.13. The summed E-state index contributed by atoms with van der Waals surface area (Å²) in [4.78, 5) is 0.141. The van der Waals surface area contributed by atoms with Gasteiger partial charge in [-0.15, -0.1) is 0 Å². The Morgan fingerprint density at radius 3 is 2.74 bits per heavy atom. The van der Waals surface area contributed by atoms with Crippen LogP contribution < -0.4 is 0 Å². The summed E-state index contributed by atoms with van der Waals surface area (Å²) >= 11 is 3.14. The highest BCUT2D eigenvalue weighted by Crippen LogP contribution is 2.29. The molecule has 1 aliphatic rings. The first-order chi connectivity index (χ1) is 8.93. The van der Waals surface area contributed by atoms with Crippen LogP contribution in [-0.2, 0) is 10.0 Å². The van der Waals surface area contributed by atoms with Crippen LogP contribution in [0.3, 0.4) is 0 Å². The molecule has 0 saturated carbocycles. The van der Waals surface area contributed by atoms with Gasteiger partial charge >= 0.3 is 0 Å². The van der Waals surface area contributed by atoms with E-state index in [1.54, 1.807) is 0 Å². The van der Waals surface area contributed by atoms with Crippen molar-refractivity contribution in [3.8, 4) is 0 Å². The van der Waals surface area contributed by atoms with E-state index in [9.17, 15) is 12.8 Å². The van der Waals surface area contributed by atoms with Crippen molar-refractivity contribution in [2.45, 2.75) is 43.5 Å². The molecule has 3 nitrogen and oxygen atoms in total. The molecule has 1 unspecified atom stereocenters. The topological polar surface area (TPSA) is 37.4 Å². The van der Waals surface area contributed by atoms with E-state index in [2.05, 4.69) is 15.9 Å². The molecule has 1 aromatic rings. The first-order valence-corrected chi connectivity index (χ1v) is 8.63. The summed E-state index contributed by atoms with van der Waals surface area (Å²) in [6.45, 7) is 2.47. The lowest BCUT2D eigenvalue weighted by molar-refractivity contribution is 0.342. The maximum atomic E-state index is 13.1. The molecule has 1 aromatic carbocycles. The van der Waals surface area contributed by atoms with Crippen LogP contribution in [0.1, 0.15) is 32.6 Å². The number of nitrogens with zero attached hydrogens (tertiary/aromatic N) is 1. The van der Waals surface area contributed by atoms with Crippen LogP contribution in [0.15, 0.2) is 27.6 Å². The highest BCUT2D eigenvalue weighted by atomic mass is 79.9. The summed E-state index contributed by atoms with van der Waals surface area (Å²) in [6, 6.07) is 3.69. The molecule has 0 radical (unpaired) electrons. The number of sulfonamides is 1. The number of hydrogen-bond donors (Lipinski definition) is 0. The molecule has 0 spiro atoms. The van der Waals surface area contributed by atoms with E-state index in [1.165, 1.54) is 22.5 Å². The highest BCUT2D eigenvalue weighted by Gasteiger charge is 2.31. The van der Waals surface area contributed by atoms with Crippen LogP contribution in [-0.4, -0.2) is 25.3 Å². The zero-order valence-corrected chi connectivity index (χ0v) is 13.2. The Morgan fingerprint density at radius 2 is 2.05 bits per heavy atom. The zero-order valence-electron chi connectivity index (χ0n) is 10.8. The van der Waals surface area contributed by atoms with Crippen molar-refractivity contribution in [1.29, 1.82) is 0 Å². The van der Waals surface area contributed by atoms with Gasteiger partial charge < -0.3 is 0 Å². The second-order valence-corrected chi connectivity index (χ2v) is 7.60. The van der Waals surface area contributed by atoms with Crippen LogP contribution in [0.5, 0.6) is 0 Å². The Morgan fingerprint density at radius 1 is 1.32 bits per heavy atom. The Labute approximate surface area is 122 Å². The summed E-state index contributed by atoms with van der Waals surface area (Å²) < 4.78 is 40.2. The van der Waals surface area contributed by atoms with Crippen molar-refractivity contribution >= 4 is 26.0 Å². The Bertz CT molecular complexity index is 562. The minimum atomic E-state index is -3.56. The third-order valence-electron chi connectivity index (χ3n) is 3.47. The molecule has 0 bridgehead atoms. The van der Waals surface area contributed by atoms with Crippen LogP contribution in [0.25, 0.3) is 0 Å². The lowest BCUT2D eigenvalue weighted by atomic mass is 10.1. The number of benzene rings is 1. The van der Waals surface area contributed by atoms with Gasteiger partial charge in [-0.3, -0.25) is 0 Å². The predicted octanol–water partition coefficient (Wildman–Crippen LogP) is 3.54. The van der Waals surface area contributed by atoms with Gasteiger partial charge in [-0.2, -0.15) is 4.31 Å². The number of hydrogen-bond acceptors (Lipinski definition) is 2. The van der Waals surface area contributed by atoms with E-state index in [-0.39, 0.29) is 15.4 Å². The molecule has 6 heteroatoms. The molecular formula is C13H17BrFNO2S. The normalized spacial score (nSPS) is 22.2. The van der Waals surface area contributed by atoms with E-state index in [0.29, 0.717) is 6.54 Å². The van der Waals surface area contributed by atoms with Gasteiger partial charge in [-0.1, -0.05) is 12.8 Å². The van der Waals surface area contributed by atoms with E-state index < -0.39 is 15.8 Å². The maximum absolute atomic E-state index is 13.1. The molecular weight excluding hydrogens is 333 g/mol. The summed E-state index contributed by atoms with van der Waals surface area (Å²) in [7, 11) is -3.56. The van der Waals surface area contributed by atoms with Crippen LogP contribution in [0, 0.1) is 5.82 Å². The third-order valence-corrected chi connectivity index (χ3v) is 6.46. The van der Waals surface area contributed by atoms with Gasteiger partial charge in [0.05, 0.1) is 4.90 Å². The molecule has 0 aromatic heterocycles. The van der Waals surface area contributed by atoms with Crippen molar-refractivity contribution < 1.29 is 12.8 Å². The van der Waals surface area contributed by atoms with E-state index in [0.717, 1.165) is 25.7 Å². The van der Waals surface area contributed by atoms with Gasteiger partial charge in [0, 0.05) is 17.1 Å². The largest absolute Gasteiger partial charge is 0.244 e. The Balaban J connectivity index is 2.40. The molecule has 1 heterocycles. The fourth-order valence-electron chi connectivity index (χ4n) is 2.42. The summed E-state index contributed by atoms with van der Waals surface area (Å²) in [5.41, 5.74) is 0. The second kappa shape index (κ2) is 5.89. The first kappa shape index (κ1) is 14.9. The van der Waals surface area contributed by atoms with Crippen LogP contribution in [0.4, 0.5) is 4.39 Å². The van der Waals surface area contributed by atoms with Crippen LogP contribution in [0.2, 0.25) is 0 Å². The molecule has 0 aliphatic carbocycles. The molecule has 19 heavy (non-hydrogen) atoms. The average molecular weight is 350 g/mol. The molecule has 1 atom stereocenters. The molecule has 1 saturated heterocycles. The zero-order chi connectivity index (χ0) is 14.0. The van der Waals surface area contributed by atoms with E-state index in [4.69, 9.17) is 0 Å². The van der Waals surface area contributed by atoms with Crippen molar-refractivity contribution in [2.24, 2.45) is 0 Å². The highest BCUT2D eigenvalue weighted by molar-refractivity contribution is 9.10. The first-order valence-electron chi connectivity index (χ1n) is 6.40. The molecule has 2 rings (SSSR count). The van der Waals surface area contributed by atoms with Gasteiger partial charge in [-0.05, 0) is 53.9 Å². The molecule has 1 aliphatic heterocycles. The lowest BCUT2D eigenvalue weighted by Gasteiger charge is -2.26. The average Bonchev–Trinajstić information content (AvgIpc) is 2.53. The minimum Gasteiger partial charge on any atom is -0.207 e. The quantitative estimate of drug-likeness (QED) is 0.818. The van der Waals surface area contributed by atoms with Gasteiger partial charge in [-0.25, -0.2) is 12.8 Å². The van der Waals surface area contributed by atoms with Gasteiger partial charge in [0.1, 0.15) is 5.82 Å². The number of rotatable bonds is 2. The van der Waals surface area contributed by atoms with Crippen molar-refractivity contribution in [1.82, 2.24) is 4.31 Å². The molecule has 1 fully saturated rings. The van der Waals surface area contributed by atoms with Crippen molar-refractivity contribution in [2.75, 3.05) is 6.54 Å². The van der Waals surface area contributed by atoms with Crippen LogP contribution >= 0.6 is 15.9 Å². The monoisotopic (exact) mass is 349 g/mol. The Kier molecular flexibility index (Phi) is 4.63. The fraction of sp³-hybridized carbons (Fsp3) is 0.538. The van der Waals surface area contributed by atoms with Crippen molar-refractivity contribution in [3.63, 3.8) is 0 Å². The summed E-state index contributed by atoms with van der Waals surface area (Å²) in [6.07, 6.45) is 3.86. The van der Waals surface area contributed by atoms with Gasteiger partial charge in [0.15, 0.2) is 0 Å². The molecule has 0 N–H and O–H groups in total. The standard InChI is InChI=1S/C13H17BrFNO2S/c1-10-5-3-2-4-8-16(10)19(17,18)13-7-6-11(15)9-12(13)14/h6-7,9-10H,2-5,8H2,1H3. The maximum Gasteiger partial charge on any atom is 0.244 e. The van der Waals surface area contributed by atoms with Gasteiger partial charge in [0.2, 0.25) is 10.0 Å². The van der Waals surface area contributed by atoms with E-state index in [1.807, 2.05) is 6.92 Å². The second-order valence-electron chi connectivity index (χ2n) is 4.89. The predicted molar refractivity (Wildman–Crippen MR) is 75.9 cm³/mol. The molecule has 106 valence electrons. The molecule has 0 amide bonds. The summed E-state index contributed by atoms with van der Waals surface area (Å²) in [5.74, 6) is -0.449. The Hall–Kier alpha value is -0.460. The summed E-state index contributed by atoms with van der Waals surface area (Å²) in [5, 5.41) is 0. The smallest absolute Gasteiger partial charge is 0.207 e.